The van der Waals surface area contributed by atoms with Crippen LogP contribution in [0.15, 0.2) is 34.1 Å². The number of aliphatic carboxylic acids is 1. The monoisotopic (exact) mass is 371 g/mol. The van der Waals surface area contributed by atoms with Crippen LogP contribution in [0.1, 0.15) is 33.1 Å². The van der Waals surface area contributed by atoms with Gasteiger partial charge in [0.2, 0.25) is 5.91 Å². The van der Waals surface area contributed by atoms with Crippen molar-refractivity contribution in [2.75, 3.05) is 5.75 Å². The van der Waals surface area contributed by atoms with Gasteiger partial charge in [-0.25, -0.2) is 13.2 Å². The first-order chi connectivity index (χ1) is 11.2. The normalized spacial score (nSPS) is 17.1. The lowest BCUT2D eigenvalue weighted by Crippen LogP contribution is -2.46. The Morgan fingerprint density at radius 2 is 1.96 bits per heavy atom. The van der Waals surface area contributed by atoms with Gasteiger partial charge in [0.05, 0.1) is 15.9 Å². The van der Waals surface area contributed by atoms with Crippen molar-refractivity contribution in [3.05, 3.63) is 24.3 Å². The van der Waals surface area contributed by atoms with Crippen LogP contribution in [0.25, 0.3) is 0 Å². The molecule has 0 bridgehead atoms. The maximum absolute atomic E-state index is 12.3. The van der Waals surface area contributed by atoms with Crippen LogP contribution < -0.4 is 5.32 Å². The Morgan fingerprint density at radius 3 is 2.50 bits per heavy atom. The number of amides is 1. The van der Waals surface area contributed by atoms with E-state index >= 15 is 0 Å². The van der Waals surface area contributed by atoms with Gasteiger partial charge in [-0.2, -0.15) is 0 Å². The van der Waals surface area contributed by atoms with Crippen LogP contribution in [-0.4, -0.2) is 41.9 Å². The third-order valence-corrected chi connectivity index (χ3v) is 7.13. The molecule has 1 aliphatic rings. The molecule has 8 heteroatoms. The minimum Gasteiger partial charge on any atom is -0.480 e. The summed E-state index contributed by atoms with van der Waals surface area (Å²) in [6.45, 7) is 3.44. The SMILES string of the molecule is CCCS(=O)(=O)c1ccccc1SC(C)C(=O)NC1(C(=O)O)CC1. The minimum atomic E-state index is -3.40. The van der Waals surface area contributed by atoms with Gasteiger partial charge in [0.1, 0.15) is 5.54 Å². The van der Waals surface area contributed by atoms with Gasteiger partial charge in [0.25, 0.3) is 0 Å². The van der Waals surface area contributed by atoms with Crippen molar-refractivity contribution in [1.29, 1.82) is 0 Å². The van der Waals surface area contributed by atoms with Gasteiger partial charge in [-0.05, 0) is 38.3 Å². The summed E-state index contributed by atoms with van der Waals surface area (Å²) in [5.74, 6) is -1.38. The lowest BCUT2D eigenvalue weighted by atomic mass is 10.2. The summed E-state index contributed by atoms with van der Waals surface area (Å²) in [5, 5.41) is 11.1. The number of sulfone groups is 1. The molecule has 132 valence electrons. The van der Waals surface area contributed by atoms with Crippen molar-refractivity contribution in [2.45, 2.75) is 53.7 Å². The van der Waals surface area contributed by atoms with Crippen molar-refractivity contribution < 1.29 is 23.1 Å². The number of benzene rings is 1. The summed E-state index contributed by atoms with van der Waals surface area (Å²) >= 11 is 1.13. The number of thioether (sulfide) groups is 1. The van der Waals surface area contributed by atoms with Gasteiger partial charge >= 0.3 is 5.97 Å². The van der Waals surface area contributed by atoms with Gasteiger partial charge in [-0.3, -0.25) is 4.79 Å². The highest BCUT2D eigenvalue weighted by molar-refractivity contribution is 8.01. The second-order valence-corrected chi connectivity index (χ2v) is 9.36. The van der Waals surface area contributed by atoms with Crippen molar-refractivity contribution in [3.8, 4) is 0 Å². The van der Waals surface area contributed by atoms with Gasteiger partial charge in [-0.15, -0.1) is 11.8 Å². The maximum atomic E-state index is 12.3. The van der Waals surface area contributed by atoms with E-state index in [1.807, 2.05) is 0 Å². The fourth-order valence-electron chi connectivity index (χ4n) is 2.28. The zero-order valence-corrected chi connectivity index (χ0v) is 15.2. The first-order valence-electron chi connectivity index (χ1n) is 7.76. The van der Waals surface area contributed by atoms with E-state index in [-0.39, 0.29) is 10.6 Å². The van der Waals surface area contributed by atoms with Crippen molar-refractivity contribution in [3.63, 3.8) is 0 Å². The summed E-state index contributed by atoms with van der Waals surface area (Å²) in [6, 6.07) is 6.58. The Morgan fingerprint density at radius 1 is 1.33 bits per heavy atom. The lowest BCUT2D eigenvalue weighted by molar-refractivity contribution is -0.143. The van der Waals surface area contributed by atoms with Gasteiger partial charge in [0.15, 0.2) is 9.84 Å². The molecule has 0 aliphatic heterocycles. The summed E-state index contributed by atoms with van der Waals surface area (Å²) in [6.07, 6.45) is 1.36. The highest BCUT2D eigenvalue weighted by atomic mass is 32.2. The van der Waals surface area contributed by atoms with Crippen LogP contribution in [0, 0.1) is 0 Å². The molecule has 24 heavy (non-hydrogen) atoms. The molecule has 0 radical (unpaired) electrons. The first-order valence-corrected chi connectivity index (χ1v) is 10.3. The molecular formula is C16H21NO5S2. The van der Waals surface area contributed by atoms with Crippen LogP contribution >= 0.6 is 11.8 Å². The van der Waals surface area contributed by atoms with Gasteiger partial charge < -0.3 is 10.4 Å². The number of carboxylic acid groups (broad SMARTS) is 1. The van der Waals surface area contributed by atoms with Crippen LogP contribution in [0.4, 0.5) is 0 Å². The fourth-order valence-corrected chi connectivity index (χ4v) is 5.11. The third-order valence-electron chi connectivity index (χ3n) is 3.85. The van der Waals surface area contributed by atoms with E-state index in [0.717, 1.165) is 11.8 Å². The predicted molar refractivity (Wildman–Crippen MR) is 91.8 cm³/mol. The van der Waals surface area contributed by atoms with E-state index in [4.69, 9.17) is 5.11 Å². The van der Waals surface area contributed by atoms with Crippen LogP contribution in [0.5, 0.6) is 0 Å². The molecule has 1 fully saturated rings. The van der Waals surface area contributed by atoms with E-state index in [1.165, 1.54) is 6.07 Å². The molecule has 1 saturated carbocycles. The Kier molecular flexibility index (Phi) is 5.59. The molecule has 2 rings (SSSR count). The average molecular weight is 371 g/mol. The number of carbonyl (C=O) groups is 2. The number of hydrogen-bond acceptors (Lipinski definition) is 5. The highest BCUT2D eigenvalue weighted by Crippen LogP contribution is 2.37. The smallest absolute Gasteiger partial charge is 0.329 e. The summed E-state index contributed by atoms with van der Waals surface area (Å²) in [4.78, 5) is 24.1. The second-order valence-electron chi connectivity index (χ2n) is 5.90. The summed E-state index contributed by atoms with van der Waals surface area (Å²) in [5.41, 5.74) is -1.14. The molecule has 0 saturated heterocycles. The molecule has 1 aromatic carbocycles. The quantitative estimate of drug-likeness (QED) is 0.679. The molecule has 0 aromatic heterocycles. The first kappa shape index (κ1) is 18.8. The molecule has 0 spiro atoms. The predicted octanol–water partition coefficient (Wildman–Crippen LogP) is 2.08. The Hall–Kier alpha value is -1.54. The zero-order valence-electron chi connectivity index (χ0n) is 13.6. The lowest BCUT2D eigenvalue weighted by Gasteiger charge is -2.18. The van der Waals surface area contributed by atoms with E-state index in [9.17, 15) is 18.0 Å². The van der Waals surface area contributed by atoms with E-state index in [1.54, 1.807) is 32.0 Å². The van der Waals surface area contributed by atoms with Crippen molar-refractivity contribution >= 4 is 33.5 Å². The molecule has 6 nitrogen and oxygen atoms in total. The average Bonchev–Trinajstić information content (AvgIpc) is 3.28. The number of rotatable bonds is 8. The van der Waals surface area contributed by atoms with Crippen LogP contribution in [0.2, 0.25) is 0 Å². The number of carboxylic acids is 1. The van der Waals surface area contributed by atoms with Crippen molar-refractivity contribution in [1.82, 2.24) is 5.32 Å². The number of nitrogens with one attached hydrogen (secondary N) is 1. The molecule has 1 aromatic rings. The molecule has 1 amide bonds. The van der Waals surface area contributed by atoms with Crippen LogP contribution in [-0.2, 0) is 19.4 Å². The standard InChI is InChI=1S/C16H21NO5S2/c1-3-10-24(21,22)13-7-5-4-6-12(13)23-11(2)14(18)17-16(8-9-16)15(19)20/h4-7,11H,3,8-10H2,1-2H3,(H,17,18)(H,19,20). The maximum Gasteiger partial charge on any atom is 0.329 e. The van der Waals surface area contributed by atoms with Crippen LogP contribution in [0.3, 0.4) is 0 Å². The van der Waals surface area contributed by atoms with Gasteiger partial charge in [0, 0.05) is 4.90 Å². The highest BCUT2D eigenvalue weighted by Gasteiger charge is 2.52. The number of hydrogen-bond donors (Lipinski definition) is 2. The molecule has 1 atom stereocenters. The molecule has 1 unspecified atom stereocenters. The molecule has 2 N–H and O–H groups in total. The molecular weight excluding hydrogens is 350 g/mol. The Balaban J connectivity index is 2.14. The zero-order chi connectivity index (χ0) is 18.0. The van der Waals surface area contributed by atoms with E-state index in [0.29, 0.717) is 24.2 Å². The largest absolute Gasteiger partial charge is 0.480 e. The molecule has 1 aliphatic carbocycles. The summed E-state index contributed by atoms with van der Waals surface area (Å²) in [7, 11) is -3.40. The van der Waals surface area contributed by atoms with Gasteiger partial charge in [-0.1, -0.05) is 19.1 Å². The molecule has 0 heterocycles. The van der Waals surface area contributed by atoms with E-state index in [2.05, 4.69) is 5.32 Å². The fraction of sp³-hybridized carbons (Fsp3) is 0.500. The number of carbonyl (C=O) groups excluding carboxylic acids is 1. The summed E-state index contributed by atoms with van der Waals surface area (Å²) < 4.78 is 24.7. The third kappa shape index (κ3) is 4.10. The Bertz CT molecular complexity index is 741. The Labute approximate surface area is 145 Å². The van der Waals surface area contributed by atoms with E-state index < -0.39 is 32.5 Å². The topological polar surface area (TPSA) is 101 Å². The van der Waals surface area contributed by atoms with Crippen molar-refractivity contribution in [2.24, 2.45) is 0 Å². The minimum absolute atomic E-state index is 0.0489. The second kappa shape index (κ2) is 7.14.